The van der Waals surface area contributed by atoms with Crippen molar-refractivity contribution < 1.29 is 9.59 Å². The van der Waals surface area contributed by atoms with Gasteiger partial charge >= 0.3 is 0 Å². The Morgan fingerprint density at radius 3 is 2.67 bits per heavy atom. The van der Waals surface area contributed by atoms with Gasteiger partial charge in [0, 0.05) is 19.3 Å². The van der Waals surface area contributed by atoms with Gasteiger partial charge in [-0.05, 0) is 26.3 Å². The smallest absolute Gasteiger partial charge is 0.253 e. The fourth-order valence-corrected chi connectivity index (χ4v) is 1.64. The van der Waals surface area contributed by atoms with Crippen LogP contribution in [0, 0.1) is 5.41 Å². The van der Waals surface area contributed by atoms with E-state index in [0.717, 1.165) is 13.0 Å². The zero-order valence-electron chi connectivity index (χ0n) is 12.5. The molecular weight excluding hydrogens is 292 g/mol. The number of hydrogen-bond acceptors (Lipinski definition) is 4. The van der Waals surface area contributed by atoms with E-state index in [-0.39, 0.29) is 17.5 Å². The Morgan fingerprint density at radius 2 is 2.10 bits per heavy atom. The molecule has 0 fully saturated rings. The molecule has 0 aliphatic rings. The Balaban J connectivity index is 2.79. The zero-order chi connectivity index (χ0) is 16.0. The van der Waals surface area contributed by atoms with Crippen LogP contribution in [0.2, 0.25) is 5.02 Å². The van der Waals surface area contributed by atoms with Gasteiger partial charge in [0.2, 0.25) is 5.91 Å². The average Bonchev–Trinajstić information content (AvgIpc) is 2.43. The third kappa shape index (κ3) is 4.90. The highest BCUT2D eigenvalue weighted by Gasteiger charge is 2.26. The largest absolute Gasteiger partial charge is 0.370 e. The fourth-order valence-electron chi connectivity index (χ4n) is 1.45. The minimum absolute atomic E-state index is 0.136. The van der Waals surface area contributed by atoms with Gasteiger partial charge in [0.1, 0.15) is 5.82 Å². The second-order valence-corrected chi connectivity index (χ2v) is 5.81. The van der Waals surface area contributed by atoms with Gasteiger partial charge in [-0.3, -0.25) is 9.59 Å². The molecule has 4 N–H and O–H groups in total. The van der Waals surface area contributed by atoms with Gasteiger partial charge in [-0.15, -0.1) is 0 Å². The van der Waals surface area contributed by atoms with Crippen molar-refractivity contribution >= 4 is 29.2 Å². The van der Waals surface area contributed by atoms with Gasteiger partial charge in [-0.1, -0.05) is 18.5 Å². The second kappa shape index (κ2) is 7.26. The number of primary amides is 1. The van der Waals surface area contributed by atoms with Crippen LogP contribution < -0.4 is 16.4 Å². The van der Waals surface area contributed by atoms with Crippen molar-refractivity contribution in [3.05, 3.63) is 22.8 Å². The average molecular weight is 313 g/mol. The van der Waals surface area contributed by atoms with Crippen molar-refractivity contribution in [1.29, 1.82) is 0 Å². The quantitative estimate of drug-likeness (QED) is 0.715. The van der Waals surface area contributed by atoms with Crippen molar-refractivity contribution in [2.24, 2.45) is 11.1 Å². The van der Waals surface area contributed by atoms with Crippen LogP contribution in [0.1, 0.15) is 37.6 Å². The Morgan fingerprint density at radius 1 is 1.43 bits per heavy atom. The summed E-state index contributed by atoms with van der Waals surface area (Å²) in [4.78, 5) is 27.5. The monoisotopic (exact) mass is 312 g/mol. The summed E-state index contributed by atoms with van der Waals surface area (Å²) in [6.07, 6.45) is 2.37. The molecule has 116 valence electrons. The van der Waals surface area contributed by atoms with Crippen LogP contribution in [0.4, 0.5) is 5.82 Å². The number of anilines is 1. The number of carbonyl (C=O) groups excluding carboxylic acids is 2. The Kier molecular flexibility index (Phi) is 5.96. The first kappa shape index (κ1) is 17.2. The molecule has 1 aromatic heterocycles. The van der Waals surface area contributed by atoms with Crippen LogP contribution in [-0.2, 0) is 4.79 Å². The van der Waals surface area contributed by atoms with Crippen LogP contribution in [0.25, 0.3) is 0 Å². The lowest BCUT2D eigenvalue weighted by Gasteiger charge is -2.21. The summed E-state index contributed by atoms with van der Waals surface area (Å²) in [5.74, 6) is -0.259. The molecule has 7 heteroatoms. The fraction of sp³-hybridized carbons (Fsp3) is 0.500. The van der Waals surface area contributed by atoms with Crippen LogP contribution in [0.15, 0.2) is 12.3 Å². The molecule has 0 saturated carbocycles. The molecule has 1 heterocycles. The van der Waals surface area contributed by atoms with Crippen molar-refractivity contribution in [2.75, 3.05) is 18.4 Å². The first-order chi connectivity index (χ1) is 9.77. The molecule has 1 aromatic rings. The number of pyridine rings is 1. The molecule has 0 unspecified atom stereocenters. The lowest BCUT2D eigenvalue weighted by Crippen LogP contribution is -2.42. The minimum atomic E-state index is -0.821. The van der Waals surface area contributed by atoms with Crippen LogP contribution in [0.3, 0.4) is 0 Å². The van der Waals surface area contributed by atoms with Gasteiger partial charge in [0.25, 0.3) is 5.91 Å². The van der Waals surface area contributed by atoms with E-state index in [1.807, 2.05) is 6.92 Å². The summed E-state index contributed by atoms with van der Waals surface area (Å²) < 4.78 is 0. The summed E-state index contributed by atoms with van der Waals surface area (Å²) in [5, 5.41) is 6.00. The summed E-state index contributed by atoms with van der Waals surface area (Å²) in [6.45, 7) is 6.25. The molecule has 0 atom stereocenters. The molecule has 0 bridgehead atoms. The molecule has 2 amide bonds. The van der Waals surface area contributed by atoms with Crippen molar-refractivity contribution in [3.63, 3.8) is 0 Å². The SMILES string of the molecule is CCCNc1cc(C(=O)NCC(C)(C)C(N)=O)c(Cl)cn1. The summed E-state index contributed by atoms with van der Waals surface area (Å²) >= 11 is 5.99. The molecule has 21 heavy (non-hydrogen) atoms. The van der Waals surface area contributed by atoms with E-state index in [0.29, 0.717) is 11.4 Å². The van der Waals surface area contributed by atoms with Crippen LogP contribution in [-0.4, -0.2) is 29.9 Å². The van der Waals surface area contributed by atoms with Crippen LogP contribution >= 0.6 is 11.6 Å². The van der Waals surface area contributed by atoms with E-state index in [2.05, 4.69) is 15.6 Å². The maximum absolute atomic E-state index is 12.2. The lowest BCUT2D eigenvalue weighted by molar-refractivity contribution is -0.125. The van der Waals surface area contributed by atoms with Gasteiger partial charge in [0.05, 0.1) is 16.0 Å². The number of hydrogen-bond donors (Lipinski definition) is 3. The van der Waals surface area contributed by atoms with Gasteiger partial charge in [-0.25, -0.2) is 4.98 Å². The number of nitrogens with two attached hydrogens (primary N) is 1. The van der Waals surface area contributed by atoms with Crippen LogP contribution in [0.5, 0.6) is 0 Å². The molecule has 0 saturated heterocycles. The predicted molar refractivity (Wildman–Crippen MR) is 83.3 cm³/mol. The highest BCUT2D eigenvalue weighted by molar-refractivity contribution is 6.33. The maximum Gasteiger partial charge on any atom is 0.253 e. The number of aromatic nitrogens is 1. The number of carbonyl (C=O) groups is 2. The first-order valence-electron chi connectivity index (χ1n) is 6.75. The van der Waals surface area contributed by atoms with E-state index in [1.165, 1.54) is 6.20 Å². The van der Waals surface area contributed by atoms with Gasteiger partial charge in [0.15, 0.2) is 0 Å². The Hall–Kier alpha value is -1.82. The number of nitrogens with zero attached hydrogens (tertiary/aromatic N) is 1. The Labute approximate surface area is 129 Å². The van der Waals surface area contributed by atoms with Crippen molar-refractivity contribution in [2.45, 2.75) is 27.2 Å². The molecule has 0 aliphatic heterocycles. The van der Waals surface area contributed by atoms with Gasteiger partial charge in [-0.2, -0.15) is 0 Å². The van der Waals surface area contributed by atoms with E-state index in [1.54, 1.807) is 19.9 Å². The molecular formula is C14H21ClN4O2. The molecule has 0 spiro atoms. The number of rotatable bonds is 7. The van der Waals surface area contributed by atoms with Crippen molar-refractivity contribution in [1.82, 2.24) is 10.3 Å². The van der Waals surface area contributed by atoms with Crippen molar-refractivity contribution in [3.8, 4) is 0 Å². The first-order valence-corrected chi connectivity index (χ1v) is 7.13. The standard InChI is InChI=1S/C14H21ClN4O2/c1-4-5-17-11-6-9(10(15)7-18-11)12(20)19-8-14(2,3)13(16)21/h6-7H,4-5,8H2,1-3H3,(H2,16,21)(H,17,18)(H,19,20). The summed E-state index contributed by atoms with van der Waals surface area (Å²) in [5.41, 5.74) is 4.76. The molecule has 0 aromatic carbocycles. The summed E-state index contributed by atoms with van der Waals surface area (Å²) in [7, 11) is 0. The summed E-state index contributed by atoms with van der Waals surface area (Å²) in [6, 6.07) is 1.59. The normalized spacial score (nSPS) is 11.0. The van der Waals surface area contributed by atoms with E-state index < -0.39 is 11.3 Å². The van der Waals surface area contributed by atoms with E-state index >= 15 is 0 Å². The molecule has 6 nitrogen and oxygen atoms in total. The third-order valence-electron chi connectivity index (χ3n) is 3.01. The Bertz CT molecular complexity index is 532. The number of nitrogens with one attached hydrogen (secondary N) is 2. The minimum Gasteiger partial charge on any atom is -0.370 e. The third-order valence-corrected chi connectivity index (χ3v) is 3.32. The second-order valence-electron chi connectivity index (χ2n) is 5.41. The molecule has 0 radical (unpaired) electrons. The van der Waals surface area contributed by atoms with Gasteiger partial charge < -0.3 is 16.4 Å². The number of amides is 2. The molecule has 1 rings (SSSR count). The van der Waals surface area contributed by atoms with E-state index in [4.69, 9.17) is 17.3 Å². The lowest BCUT2D eigenvalue weighted by atomic mass is 9.92. The maximum atomic E-state index is 12.2. The highest BCUT2D eigenvalue weighted by Crippen LogP contribution is 2.19. The highest BCUT2D eigenvalue weighted by atomic mass is 35.5. The zero-order valence-corrected chi connectivity index (χ0v) is 13.3. The predicted octanol–water partition coefficient (Wildman–Crippen LogP) is 1.80. The topological polar surface area (TPSA) is 97.1 Å². The molecule has 0 aliphatic carbocycles. The van der Waals surface area contributed by atoms with E-state index in [9.17, 15) is 9.59 Å². The number of halogens is 1.